The molecule has 0 aromatic heterocycles. The molecule has 1 aromatic carbocycles. The topological polar surface area (TPSA) is 20.3 Å². The van der Waals surface area contributed by atoms with E-state index in [2.05, 4.69) is 5.92 Å². The van der Waals surface area contributed by atoms with E-state index >= 15 is 0 Å². The molecule has 0 N–H and O–H groups in total. The Morgan fingerprint density at radius 1 is 1.47 bits per heavy atom. The first-order valence-corrected chi connectivity index (χ1v) is 6.03. The van der Waals surface area contributed by atoms with Gasteiger partial charge in [0.1, 0.15) is 0 Å². The minimum absolute atomic E-state index is 0.0218. The maximum atomic E-state index is 11.7. The Morgan fingerprint density at radius 2 is 2.24 bits per heavy atom. The van der Waals surface area contributed by atoms with Gasteiger partial charge in [-0.25, -0.2) is 0 Å². The van der Waals surface area contributed by atoms with Crippen LogP contribution in [0.1, 0.15) is 12.0 Å². The number of nitrogens with zero attached hydrogens (tertiary/aromatic N) is 1. The van der Waals surface area contributed by atoms with Crippen LogP contribution in [-0.2, 0) is 11.3 Å². The summed E-state index contributed by atoms with van der Waals surface area (Å²) in [6.07, 6.45) is 5.76. The third-order valence-electron chi connectivity index (χ3n) is 2.83. The van der Waals surface area contributed by atoms with Crippen LogP contribution in [0.3, 0.4) is 0 Å². The fourth-order valence-corrected chi connectivity index (χ4v) is 2.36. The smallest absolute Gasteiger partial charge is 0.224 e. The van der Waals surface area contributed by atoms with Crippen LogP contribution < -0.4 is 0 Å². The van der Waals surface area contributed by atoms with Crippen LogP contribution in [0.4, 0.5) is 0 Å². The minimum atomic E-state index is 0.0218. The van der Waals surface area contributed by atoms with Crippen LogP contribution in [0.2, 0.25) is 10.0 Å². The van der Waals surface area contributed by atoms with Gasteiger partial charge in [0.25, 0.3) is 0 Å². The average molecular weight is 268 g/mol. The second-order valence-electron chi connectivity index (χ2n) is 4.08. The number of carbonyl (C=O) groups is 1. The Hall–Kier alpha value is -1.17. The first-order chi connectivity index (χ1) is 8.10. The molecule has 0 saturated carbocycles. The quantitative estimate of drug-likeness (QED) is 0.755. The summed E-state index contributed by atoms with van der Waals surface area (Å²) in [5.41, 5.74) is 0.891. The highest BCUT2D eigenvalue weighted by Crippen LogP contribution is 2.25. The lowest BCUT2D eigenvalue weighted by Crippen LogP contribution is -2.24. The average Bonchev–Trinajstić information content (AvgIpc) is 2.64. The van der Waals surface area contributed by atoms with Gasteiger partial charge in [0.15, 0.2) is 0 Å². The zero-order chi connectivity index (χ0) is 12.4. The molecule has 1 amide bonds. The van der Waals surface area contributed by atoms with Crippen molar-refractivity contribution in [3.8, 4) is 12.3 Å². The molecule has 0 bridgehead atoms. The first kappa shape index (κ1) is 12.3. The van der Waals surface area contributed by atoms with E-state index in [1.165, 1.54) is 0 Å². The highest BCUT2D eigenvalue weighted by molar-refractivity contribution is 6.35. The number of carbonyl (C=O) groups excluding carboxylic acids is 1. The van der Waals surface area contributed by atoms with Crippen LogP contribution >= 0.6 is 23.2 Å². The number of halogens is 2. The van der Waals surface area contributed by atoms with Gasteiger partial charge in [0, 0.05) is 35.5 Å². The van der Waals surface area contributed by atoms with Crippen LogP contribution in [-0.4, -0.2) is 17.4 Å². The number of amides is 1. The molecule has 2 nitrogen and oxygen atoms in total. The summed E-state index contributed by atoms with van der Waals surface area (Å²) in [4.78, 5) is 13.4. The van der Waals surface area contributed by atoms with Gasteiger partial charge in [-0.2, -0.15) is 0 Å². The van der Waals surface area contributed by atoms with E-state index in [1.807, 2.05) is 6.07 Å². The second kappa shape index (κ2) is 5.00. The molecule has 4 heteroatoms. The van der Waals surface area contributed by atoms with Crippen molar-refractivity contribution in [2.75, 3.05) is 6.54 Å². The Kier molecular flexibility index (Phi) is 3.61. The zero-order valence-corrected chi connectivity index (χ0v) is 10.6. The van der Waals surface area contributed by atoms with Gasteiger partial charge in [-0.3, -0.25) is 4.79 Å². The number of hydrogen-bond acceptors (Lipinski definition) is 1. The monoisotopic (exact) mass is 267 g/mol. The Labute approximate surface area is 111 Å². The molecule has 2 rings (SSSR count). The Bertz CT molecular complexity index is 493. The van der Waals surface area contributed by atoms with Crippen LogP contribution in [0, 0.1) is 18.3 Å². The van der Waals surface area contributed by atoms with Crippen LogP contribution in [0.5, 0.6) is 0 Å². The van der Waals surface area contributed by atoms with Crippen molar-refractivity contribution < 1.29 is 4.79 Å². The van der Waals surface area contributed by atoms with E-state index in [1.54, 1.807) is 17.0 Å². The SMILES string of the molecule is C#CC1CC(=O)N(Cc2ccc(Cl)cc2Cl)C1. The number of rotatable bonds is 2. The van der Waals surface area contributed by atoms with Gasteiger partial charge < -0.3 is 4.90 Å². The lowest BCUT2D eigenvalue weighted by molar-refractivity contribution is -0.128. The molecule has 1 aliphatic rings. The predicted molar refractivity (Wildman–Crippen MR) is 68.8 cm³/mol. The van der Waals surface area contributed by atoms with Gasteiger partial charge >= 0.3 is 0 Å². The third-order valence-corrected chi connectivity index (χ3v) is 3.41. The highest BCUT2D eigenvalue weighted by Gasteiger charge is 2.28. The van der Waals surface area contributed by atoms with Crippen molar-refractivity contribution in [3.63, 3.8) is 0 Å². The van der Waals surface area contributed by atoms with Gasteiger partial charge in [-0.1, -0.05) is 29.3 Å². The lowest BCUT2D eigenvalue weighted by Gasteiger charge is -2.16. The van der Waals surface area contributed by atoms with E-state index in [-0.39, 0.29) is 11.8 Å². The molecule has 1 heterocycles. The standard InChI is InChI=1S/C13H11Cl2NO/c1-2-9-5-13(17)16(7-9)8-10-3-4-11(14)6-12(10)15/h1,3-4,6,9H,5,7-8H2. The predicted octanol–water partition coefficient (Wildman–Crippen LogP) is 2.98. The van der Waals surface area contributed by atoms with E-state index < -0.39 is 0 Å². The molecule has 1 saturated heterocycles. The van der Waals surface area contributed by atoms with Crippen molar-refractivity contribution in [2.24, 2.45) is 5.92 Å². The fourth-order valence-electron chi connectivity index (χ4n) is 1.89. The van der Waals surface area contributed by atoms with Crippen molar-refractivity contribution >= 4 is 29.1 Å². The number of likely N-dealkylation sites (tertiary alicyclic amines) is 1. The molecule has 1 aliphatic heterocycles. The zero-order valence-electron chi connectivity index (χ0n) is 9.12. The largest absolute Gasteiger partial charge is 0.337 e. The van der Waals surface area contributed by atoms with Gasteiger partial charge in [0.2, 0.25) is 5.91 Å². The van der Waals surface area contributed by atoms with Crippen molar-refractivity contribution in [3.05, 3.63) is 33.8 Å². The number of hydrogen-bond donors (Lipinski definition) is 0. The first-order valence-electron chi connectivity index (χ1n) is 5.28. The molecule has 1 fully saturated rings. The fraction of sp³-hybridized carbons (Fsp3) is 0.308. The van der Waals surface area contributed by atoms with Crippen LogP contribution in [0.15, 0.2) is 18.2 Å². The molecule has 0 aliphatic carbocycles. The van der Waals surface area contributed by atoms with Gasteiger partial charge in [-0.05, 0) is 17.7 Å². The Balaban J connectivity index is 2.12. The summed E-state index contributed by atoms with van der Waals surface area (Å²) in [5.74, 6) is 2.72. The Morgan fingerprint density at radius 3 is 2.82 bits per heavy atom. The maximum Gasteiger partial charge on any atom is 0.224 e. The van der Waals surface area contributed by atoms with Crippen LogP contribution in [0.25, 0.3) is 0 Å². The summed E-state index contributed by atoms with van der Waals surface area (Å²) in [6, 6.07) is 5.28. The molecule has 0 radical (unpaired) electrons. The van der Waals surface area contributed by atoms with Crippen molar-refractivity contribution in [1.82, 2.24) is 4.90 Å². The molecular formula is C13H11Cl2NO. The number of benzene rings is 1. The van der Waals surface area contributed by atoms with E-state index in [4.69, 9.17) is 29.6 Å². The van der Waals surface area contributed by atoms with Gasteiger partial charge in [-0.15, -0.1) is 12.3 Å². The summed E-state index contributed by atoms with van der Waals surface area (Å²) >= 11 is 11.9. The van der Waals surface area contributed by atoms with E-state index in [9.17, 15) is 4.79 Å². The lowest BCUT2D eigenvalue weighted by atomic mass is 10.1. The van der Waals surface area contributed by atoms with Crippen molar-refractivity contribution in [2.45, 2.75) is 13.0 Å². The van der Waals surface area contributed by atoms with E-state index in [0.717, 1.165) is 5.56 Å². The second-order valence-corrected chi connectivity index (χ2v) is 4.92. The maximum absolute atomic E-state index is 11.7. The molecule has 0 spiro atoms. The molecule has 88 valence electrons. The minimum Gasteiger partial charge on any atom is -0.337 e. The molecule has 1 unspecified atom stereocenters. The molecular weight excluding hydrogens is 257 g/mol. The summed E-state index contributed by atoms with van der Waals surface area (Å²) in [7, 11) is 0. The third kappa shape index (κ3) is 2.74. The van der Waals surface area contributed by atoms with Crippen molar-refractivity contribution in [1.29, 1.82) is 0 Å². The summed E-state index contributed by atoms with van der Waals surface area (Å²) < 4.78 is 0. The van der Waals surface area contributed by atoms with Gasteiger partial charge in [0.05, 0.1) is 0 Å². The van der Waals surface area contributed by atoms with E-state index in [0.29, 0.717) is 29.6 Å². The normalized spacial score (nSPS) is 19.5. The number of terminal acetylenes is 1. The molecule has 1 aromatic rings. The highest BCUT2D eigenvalue weighted by atomic mass is 35.5. The molecule has 1 atom stereocenters. The molecule has 17 heavy (non-hydrogen) atoms. The summed E-state index contributed by atoms with van der Waals surface area (Å²) in [5, 5.41) is 1.17. The summed E-state index contributed by atoms with van der Waals surface area (Å²) in [6.45, 7) is 1.10.